The van der Waals surface area contributed by atoms with Crippen LogP contribution in [0.5, 0.6) is 0 Å². The number of hydrogen-bond acceptors (Lipinski definition) is 3. The Morgan fingerprint density at radius 1 is 1.06 bits per heavy atom. The van der Waals surface area contributed by atoms with Gasteiger partial charge < -0.3 is 14.4 Å². The minimum atomic E-state index is -0.292. The van der Waals surface area contributed by atoms with E-state index in [0.29, 0.717) is 38.3 Å². The first-order valence-corrected chi connectivity index (χ1v) is 10.8. The molecule has 6 heteroatoms. The van der Waals surface area contributed by atoms with Crippen molar-refractivity contribution in [1.82, 2.24) is 19.4 Å². The second-order valence-corrected chi connectivity index (χ2v) is 8.02. The van der Waals surface area contributed by atoms with E-state index < -0.39 is 0 Å². The zero-order valence-electron chi connectivity index (χ0n) is 18.1. The van der Waals surface area contributed by atoms with Crippen LogP contribution in [0.1, 0.15) is 23.0 Å². The molecule has 1 aliphatic rings. The molecule has 1 fully saturated rings. The molecule has 1 atom stereocenters. The fourth-order valence-corrected chi connectivity index (χ4v) is 4.24. The first kappa shape index (κ1) is 20.8. The molecule has 0 unspecified atom stereocenters. The molecule has 0 saturated carbocycles. The minimum absolute atomic E-state index is 0.113. The molecule has 2 amide bonds. The zero-order chi connectivity index (χ0) is 21.8. The van der Waals surface area contributed by atoms with Gasteiger partial charge in [-0.25, -0.2) is 4.98 Å². The predicted octanol–water partition coefficient (Wildman–Crippen LogP) is 3.25. The molecule has 2 aromatic carbocycles. The number of nitrogens with zero attached hydrogens (tertiary/aromatic N) is 4. The van der Waals surface area contributed by atoms with Crippen LogP contribution < -0.4 is 0 Å². The summed E-state index contributed by atoms with van der Waals surface area (Å²) in [5.41, 5.74) is 3.80. The molecule has 160 valence electrons. The van der Waals surface area contributed by atoms with Crippen molar-refractivity contribution in [3.8, 4) is 11.1 Å². The highest BCUT2D eigenvalue weighted by molar-refractivity contribution is 5.93. The quantitative estimate of drug-likeness (QED) is 0.642. The standard InChI is InChI=1S/C25H28N4O2/c1-3-28-13-14-29(25(31)23-17-27(2)18-26-23)16-21(24(28)30)15-20-11-7-8-12-22(20)19-9-5-4-6-10-19/h4-12,17-18,21H,3,13-16H2,1-2H3/t21-/m0/s1. The van der Waals surface area contributed by atoms with Gasteiger partial charge >= 0.3 is 0 Å². The van der Waals surface area contributed by atoms with Crippen molar-refractivity contribution in [2.24, 2.45) is 13.0 Å². The summed E-state index contributed by atoms with van der Waals surface area (Å²) in [5, 5.41) is 0. The Morgan fingerprint density at radius 2 is 1.81 bits per heavy atom. The van der Waals surface area contributed by atoms with Gasteiger partial charge in [-0.1, -0.05) is 54.6 Å². The Morgan fingerprint density at radius 3 is 2.52 bits per heavy atom. The van der Waals surface area contributed by atoms with Crippen molar-refractivity contribution in [1.29, 1.82) is 0 Å². The summed E-state index contributed by atoms with van der Waals surface area (Å²) < 4.78 is 1.77. The number of imidazole rings is 1. The number of carbonyl (C=O) groups is 2. The highest BCUT2D eigenvalue weighted by Gasteiger charge is 2.33. The van der Waals surface area contributed by atoms with Gasteiger partial charge in [0.25, 0.3) is 5.91 Å². The maximum Gasteiger partial charge on any atom is 0.274 e. The summed E-state index contributed by atoms with van der Waals surface area (Å²) in [6.45, 7) is 4.09. The summed E-state index contributed by atoms with van der Waals surface area (Å²) in [5.74, 6) is -0.297. The molecule has 1 saturated heterocycles. The fourth-order valence-electron chi connectivity index (χ4n) is 4.24. The summed E-state index contributed by atoms with van der Waals surface area (Å²) in [6.07, 6.45) is 3.95. The third-order valence-electron chi connectivity index (χ3n) is 5.90. The Balaban J connectivity index is 1.62. The van der Waals surface area contributed by atoms with Crippen LogP contribution in [0.3, 0.4) is 0 Å². The third kappa shape index (κ3) is 4.53. The molecule has 0 aliphatic carbocycles. The minimum Gasteiger partial charge on any atom is -0.341 e. The van der Waals surface area contributed by atoms with E-state index in [1.807, 2.05) is 49.2 Å². The van der Waals surface area contributed by atoms with Crippen LogP contribution in [-0.4, -0.2) is 57.3 Å². The van der Waals surface area contributed by atoms with Crippen LogP contribution in [0.2, 0.25) is 0 Å². The highest BCUT2D eigenvalue weighted by atomic mass is 16.2. The number of likely N-dealkylation sites (N-methyl/N-ethyl adjacent to an activating group) is 1. The predicted molar refractivity (Wildman–Crippen MR) is 120 cm³/mol. The smallest absolute Gasteiger partial charge is 0.274 e. The van der Waals surface area contributed by atoms with Crippen molar-refractivity contribution < 1.29 is 9.59 Å². The maximum absolute atomic E-state index is 13.3. The van der Waals surface area contributed by atoms with Crippen LogP contribution in [0.25, 0.3) is 11.1 Å². The highest BCUT2D eigenvalue weighted by Crippen LogP contribution is 2.27. The molecule has 0 N–H and O–H groups in total. The van der Waals surface area contributed by atoms with Crippen LogP contribution in [0.15, 0.2) is 67.1 Å². The number of rotatable bonds is 5. The molecule has 1 aromatic heterocycles. The number of amides is 2. The Kier molecular flexibility index (Phi) is 6.16. The van der Waals surface area contributed by atoms with Crippen molar-refractivity contribution >= 4 is 11.8 Å². The monoisotopic (exact) mass is 416 g/mol. The van der Waals surface area contributed by atoms with Gasteiger partial charge in [-0.05, 0) is 30.0 Å². The average Bonchev–Trinajstić information content (AvgIpc) is 3.17. The van der Waals surface area contributed by atoms with Crippen molar-refractivity contribution in [3.63, 3.8) is 0 Å². The van der Waals surface area contributed by atoms with Gasteiger partial charge in [0, 0.05) is 39.4 Å². The van der Waals surface area contributed by atoms with E-state index in [-0.39, 0.29) is 17.7 Å². The van der Waals surface area contributed by atoms with E-state index in [4.69, 9.17) is 0 Å². The molecule has 0 radical (unpaired) electrons. The fraction of sp³-hybridized carbons (Fsp3) is 0.320. The van der Waals surface area contributed by atoms with E-state index in [2.05, 4.69) is 29.2 Å². The van der Waals surface area contributed by atoms with Crippen molar-refractivity contribution in [2.75, 3.05) is 26.2 Å². The molecule has 31 heavy (non-hydrogen) atoms. The maximum atomic E-state index is 13.3. The summed E-state index contributed by atoms with van der Waals surface area (Å²) in [4.78, 5) is 34.2. The van der Waals surface area contributed by atoms with Gasteiger partial charge in [0.05, 0.1) is 12.2 Å². The van der Waals surface area contributed by atoms with Gasteiger partial charge in [0.15, 0.2) is 0 Å². The lowest BCUT2D eigenvalue weighted by Gasteiger charge is -2.24. The number of carbonyl (C=O) groups excluding carboxylic acids is 2. The van der Waals surface area contributed by atoms with Crippen LogP contribution in [0, 0.1) is 5.92 Å². The summed E-state index contributed by atoms with van der Waals surface area (Å²) >= 11 is 0. The van der Waals surface area contributed by atoms with Crippen LogP contribution in [0.4, 0.5) is 0 Å². The summed E-state index contributed by atoms with van der Waals surface area (Å²) in [7, 11) is 1.85. The molecular weight excluding hydrogens is 388 g/mol. The van der Waals surface area contributed by atoms with E-state index in [1.165, 1.54) is 0 Å². The Bertz CT molecular complexity index is 1060. The van der Waals surface area contributed by atoms with E-state index in [1.54, 1.807) is 22.0 Å². The number of aromatic nitrogens is 2. The van der Waals surface area contributed by atoms with Crippen molar-refractivity contribution in [3.05, 3.63) is 78.4 Å². The second kappa shape index (κ2) is 9.16. The Hall–Kier alpha value is -3.41. The largest absolute Gasteiger partial charge is 0.341 e. The van der Waals surface area contributed by atoms with Gasteiger partial charge in [0.2, 0.25) is 5.91 Å². The lowest BCUT2D eigenvalue weighted by atomic mass is 9.91. The van der Waals surface area contributed by atoms with E-state index in [9.17, 15) is 9.59 Å². The Labute approximate surface area is 183 Å². The van der Waals surface area contributed by atoms with E-state index in [0.717, 1.165) is 16.7 Å². The SMILES string of the molecule is CCN1CCN(C(=O)c2cn(C)cn2)C[C@H](Cc2ccccc2-c2ccccc2)C1=O. The molecule has 2 heterocycles. The number of hydrogen-bond donors (Lipinski definition) is 0. The van der Waals surface area contributed by atoms with Gasteiger partial charge in [-0.15, -0.1) is 0 Å². The van der Waals surface area contributed by atoms with Crippen LogP contribution >= 0.6 is 0 Å². The molecule has 0 spiro atoms. The molecule has 1 aliphatic heterocycles. The lowest BCUT2D eigenvalue weighted by molar-refractivity contribution is -0.134. The molecule has 3 aromatic rings. The number of aryl methyl sites for hydroxylation is 1. The zero-order valence-corrected chi connectivity index (χ0v) is 18.1. The first-order valence-electron chi connectivity index (χ1n) is 10.8. The first-order chi connectivity index (χ1) is 15.1. The third-order valence-corrected chi connectivity index (χ3v) is 5.90. The molecule has 0 bridgehead atoms. The van der Waals surface area contributed by atoms with Crippen LogP contribution in [-0.2, 0) is 18.3 Å². The second-order valence-electron chi connectivity index (χ2n) is 8.02. The lowest BCUT2D eigenvalue weighted by Crippen LogP contribution is -2.38. The topological polar surface area (TPSA) is 58.4 Å². The normalized spacial score (nSPS) is 17.0. The summed E-state index contributed by atoms with van der Waals surface area (Å²) in [6, 6.07) is 18.4. The van der Waals surface area contributed by atoms with Crippen molar-refractivity contribution in [2.45, 2.75) is 13.3 Å². The van der Waals surface area contributed by atoms with Gasteiger partial charge in [-0.3, -0.25) is 9.59 Å². The molecular formula is C25H28N4O2. The molecule has 6 nitrogen and oxygen atoms in total. The number of benzene rings is 2. The average molecular weight is 417 g/mol. The molecule has 4 rings (SSSR count). The van der Waals surface area contributed by atoms with Gasteiger partial charge in [0.1, 0.15) is 5.69 Å². The van der Waals surface area contributed by atoms with E-state index >= 15 is 0 Å². The van der Waals surface area contributed by atoms with Gasteiger partial charge in [-0.2, -0.15) is 0 Å².